The molecule has 2 nitrogen and oxygen atoms in total. The van der Waals surface area contributed by atoms with Gasteiger partial charge >= 0.3 is 6.18 Å². The molecule has 0 radical (unpaired) electrons. The van der Waals surface area contributed by atoms with Gasteiger partial charge in [0.15, 0.2) is 0 Å². The van der Waals surface area contributed by atoms with Crippen LogP contribution in [0.3, 0.4) is 0 Å². The number of carbonyl (C=O) groups is 1. The zero-order valence-electron chi connectivity index (χ0n) is 10.7. The molecule has 1 aromatic carbocycles. The average Bonchev–Trinajstić information content (AvgIpc) is 2.80. The zero-order valence-corrected chi connectivity index (χ0v) is 10.7. The number of halogens is 3. The number of rotatable bonds is 2. The number of aryl methyl sites for hydroxylation is 1. The summed E-state index contributed by atoms with van der Waals surface area (Å²) in [7, 11) is 0. The van der Waals surface area contributed by atoms with Crippen LogP contribution in [-0.2, 0) is 6.18 Å². The molecule has 0 bridgehead atoms. The molecule has 1 fully saturated rings. The summed E-state index contributed by atoms with van der Waals surface area (Å²) in [4.78, 5) is 11.9. The minimum atomic E-state index is -4.42. The Hall–Kier alpha value is -1.52. The Balaban J connectivity index is 2.18. The van der Waals surface area contributed by atoms with Gasteiger partial charge in [-0.25, -0.2) is 0 Å². The molecule has 2 rings (SSSR count). The molecule has 0 aromatic heterocycles. The highest BCUT2D eigenvalue weighted by atomic mass is 19.4. The van der Waals surface area contributed by atoms with E-state index < -0.39 is 17.6 Å². The van der Waals surface area contributed by atoms with Crippen molar-refractivity contribution in [1.82, 2.24) is 5.32 Å². The summed E-state index contributed by atoms with van der Waals surface area (Å²) >= 11 is 0. The third-order valence-corrected chi connectivity index (χ3v) is 3.50. The first-order valence-electron chi connectivity index (χ1n) is 6.36. The molecule has 1 N–H and O–H groups in total. The fourth-order valence-corrected chi connectivity index (χ4v) is 2.41. The van der Waals surface area contributed by atoms with Gasteiger partial charge in [-0.1, -0.05) is 18.9 Å². The Kier molecular flexibility index (Phi) is 3.83. The van der Waals surface area contributed by atoms with Gasteiger partial charge in [-0.3, -0.25) is 4.79 Å². The maximum absolute atomic E-state index is 12.8. The second-order valence-electron chi connectivity index (χ2n) is 4.98. The predicted molar refractivity (Wildman–Crippen MR) is 65.9 cm³/mol. The summed E-state index contributed by atoms with van der Waals surface area (Å²) in [6.45, 7) is 1.39. The van der Waals surface area contributed by atoms with Crippen LogP contribution in [0, 0.1) is 6.92 Å². The van der Waals surface area contributed by atoms with Gasteiger partial charge in [0.05, 0.1) is 5.56 Å². The lowest BCUT2D eigenvalue weighted by molar-refractivity contribution is -0.138. The Labute approximate surface area is 110 Å². The molecular weight excluding hydrogens is 255 g/mol. The van der Waals surface area contributed by atoms with E-state index in [-0.39, 0.29) is 17.2 Å². The van der Waals surface area contributed by atoms with Crippen molar-refractivity contribution in [3.8, 4) is 0 Å². The first-order valence-corrected chi connectivity index (χ1v) is 6.36. The summed E-state index contributed by atoms with van der Waals surface area (Å²) in [5.41, 5.74) is -0.540. The smallest absolute Gasteiger partial charge is 0.349 e. The first kappa shape index (κ1) is 13.9. The molecular formula is C14H16F3NO. The molecule has 1 aliphatic rings. The van der Waals surface area contributed by atoms with Crippen LogP contribution in [0.2, 0.25) is 0 Å². The molecule has 19 heavy (non-hydrogen) atoms. The number of amides is 1. The molecule has 5 heteroatoms. The van der Waals surface area contributed by atoms with Gasteiger partial charge in [-0.15, -0.1) is 0 Å². The molecule has 0 saturated heterocycles. The molecule has 1 saturated carbocycles. The highest BCUT2D eigenvalue weighted by Gasteiger charge is 2.33. The molecule has 0 aliphatic heterocycles. The summed E-state index contributed by atoms with van der Waals surface area (Å²) < 4.78 is 38.3. The molecule has 1 amide bonds. The molecule has 0 unspecified atom stereocenters. The van der Waals surface area contributed by atoms with E-state index in [1.807, 2.05) is 0 Å². The van der Waals surface area contributed by atoms with Crippen LogP contribution in [0.4, 0.5) is 13.2 Å². The summed E-state index contributed by atoms with van der Waals surface area (Å²) in [6, 6.07) is 3.81. The van der Waals surface area contributed by atoms with E-state index in [2.05, 4.69) is 5.32 Å². The van der Waals surface area contributed by atoms with Crippen LogP contribution in [0.15, 0.2) is 18.2 Å². The van der Waals surface area contributed by atoms with Crippen molar-refractivity contribution in [2.75, 3.05) is 0 Å². The van der Waals surface area contributed by atoms with E-state index in [0.29, 0.717) is 0 Å². The largest absolute Gasteiger partial charge is 0.416 e. The first-order chi connectivity index (χ1) is 8.88. The number of hydrogen-bond donors (Lipinski definition) is 1. The maximum atomic E-state index is 12.8. The molecule has 0 spiro atoms. The third kappa shape index (κ3) is 3.28. The SMILES string of the molecule is Cc1ccc(C(=O)NC2CCCC2)cc1C(F)(F)F. The van der Waals surface area contributed by atoms with Gasteiger partial charge < -0.3 is 5.32 Å². The van der Waals surface area contributed by atoms with E-state index in [0.717, 1.165) is 31.7 Å². The van der Waals surface area contributed by atoms with Crippen LogP contribution < -0.4 is 5.32 Å². The van der Waals surface area contributed by atoms with Gasteiger partial charge in [0, 0.05) is 11.6 Å². The number of hydrogen-bond acceptors (Lipinski definition) is 1. The Morgan fingerprint density at radius 1 is 1.26 bits per heavy atom. The van der Waals surface area contributed by atoms with Gasteiger partial charge in [0.2, 0.25) is 0 Å². The van der Waals surface area contributed by atoms with E-state index >= 15 is 0 Å². The van der Waals surface area contributed by atoms with Gasteiger partial charge in [-0.05, 0) is 37.5 Å². The van der Waals surface area contributed by atoms with Crippen LogP contribution >= 0.6 is 0 Å². The fraction of sp³-hybridized carbons (Fsp3) is 0.500. The summed E-state index contributed by atoms with van der Waals surface area (Å²) in [5.74, 6) is -0.419. The lowest BCUT2D eigenvalue weighted by atomic mass is 10.0. The Bertz CT molecular complexity index is 476. The zero-order chi connectivity index (χ0) is 14.0. The quantitative estimate of drug-likeness (QED) is 0.873. The summed E-state index contributed by atoms with van der Waals surface area (Å²) in [6.07, 6.45) is -0.486. The van der Waals surface area contributed by atoms with Crippen molar-refractivity contribution in [1.29, 1.82) is 0 Å². The van der Waals surface area contributed by atoms with Crippen LogP contribution in [-0.4, -0.2) is 11.9 Å². The molecule has 104 valence electrons. The predicted octanol–water partition coefficient (Wildman–Crippen LogP) is 3.69. The van der Waals surface area contributed by atoms with Crippen molar-refractivity contribution in [3.63, 3.8) is 0 Å². The van der Waals surface area contributed by atoms with E-state index in [1.165, 1.54) is 19.1 Å². The van der Waals surface area contributed by atoms with E-state index in [1.54, 1.807) is 0 Å². The number of benzene rings is 1. The number of alkyl halides is 3. The van der Waals surface area contributed by atoms with Crippen molar-refractivity contribution < 1.29 is 18.0 Å². The minimum Gasteiger partial charge on any atom is -0.349 e. The van der Waals surface area contributed by atoms with E-state index in [4.69, 9.17) is 0 Å². The lowest BCUT2D eigenvalue weighted by Crippen LogP contribution is -2.32. The lowest BCUT2D eigenvalue weighted by Gasteiger charge is -2.14. The molecule has 0 atom stereocenters. The van der Waals surface area contributed by atoms with Crippen LogP contribution in [0.5, 0.6) is 0 Å². The van der Waals surface area contributed by atoms with Gasteiger partial charge in [0.25, 0.3) is 5.91 Å². The standard InChI is InChI=1S/C14H16F3NO/c1-9-6-7-10(8-12(9)14(15,16)17)13(19)18-11-4-2-3-5-11/h6-8,11H,2-5H2,1H3,(H,18,19). The Morgan fingerprint density at radius 2 is 1.89 bits per heavy atom. The molecule has 1 aliphatic carbocycles. The third-order valence-electron chi connectivity index (χ3n) is 3.50. The monoisotopic (exact) mass is 271 g/mol. The number of carbonyl (C=O) groups excluding carboxylic acids is 1. The van der Waals surface area contributed by atoms with Crippen LogP contribution in [0.25, 0.3) is 0 Å². The van der Waals surface area contributed by atoms with Crippen molar-refractivity contribution in [2.45, 2.75) is 44.8 Å². The topological polar surface area (TPSA) is 29.1 Å². The second kappa shape index (κ2) is 5.23. The normalized spacial score (nSPS) is 16.6. The molecule has 1 aromatic rings. The van der Waals surface area contributed by atoms with E-state index in [9.17, 15) is 18.0 Å². The highest BCUT2D eigenvalue weighted by molar-refractivity contribution is 5.94. The number of nitrogens with one attached hydrogen (secondary N) is 1. The van der Waals surface area contributed by atoms with Crippen molar-refractivity contribution in [3.05, 3.63) is 34.9 Å². The molecule has 0 heterocycles. The minimum absolute atomic E-state index is 0.0739. The highest BCUT2D eigenvalue weighted by Crippen LogP contribution is 2.32. The van der Waals surface area contributed by atoms with Gasteiger partial charge in [-0.2, -0.15) is 13.2 Å². The Morgan fingerprint density at radius 3 is 2.47 bits per heavy atom. The fourth-order valence-electron chi connectivity index (χ4n) is 2.41. The average molecular weight is 271 g/mol. The van der Waals surface area contributed by atoms with Crippen molar-refractivity contribution >= 4 is 5.91 Å². The maximum Gasteiger partial charge on any atom is 0.416 e. The van der Waals surface area contributed by atoms with Crippen LogP contribution in [0.1, 0.15) is 47.2 Å². The second-order valence-corrected chi connectivity index (χ2v) is 4.98. The van der Waals surface area contributed by atoms with Crippen molar-refractivity contribution in [2.24, 2.45) is 0 Å². The van der Waals surface area contributed by atoms with Gasteiger partial charge in [0.1, 0.15) is 0 Å². The summed E-state index contributed by atoms with van der Waals surface area (Å²) in [5, 5.41) is 2.79.